The van der Waals surface area contributed by atoms with Gasteiger partial charge in [-0.05, 0) is 26.3 Å². The zero-order chi connectivity index (χ0) is 9.97. The topological polar surface area (TPSA) is 54.2 Å². The van der Waals surface area contributed by atoms with Crippen molar-refractivity contribution < 1.29 is 4.52 Å². The van der Waals surface area contributed by atoms with Crippen LogP contribution >= 0.6 is 0 Å². The Labute approximate surface area is 83.5 Å². The average Bonchev–Trinajstić information content (AvgIpc) is 2.65. The van der Waals surface area contributed by atoms with E-state index in [9.17, 15) is 0 Å². The highest BCUT2D eigenvalue weighted by Gasteiger charge is 2.21. The zero-order valence-electron chi connectivity index (χ0n) is 8.66. The van der Waals surface area contributed by atoms with E-state index in [0.29, 0.717) is 17.9 Å². The summed E-state index contributed by atoms with van der Waals surface area (Å²) in [5.74, 6) is 0.690. The molecule has 0 bridgehead atoms. The Bertz CT molecular complexity index is 293. The van der Waals surface area contributed by atoms with Gasteiger partial charge in [-0.1, -0.05) is 5.16 Å². The van der Waals surface area contributed by atoms with Crippen molar-refractivity contribution >= 4 is 6.01 Å². The predicted molar refractivity (Wildman–Crippen MR) is 53.3 cm³/mol. The van der Waals surface area contributed by atoms with E-state index in [0.717, 1.165) is 13.1 Å². The first-order valence-corrected chi connectivity index (χ1v) is 5.01. The van der Waals surface area contributed by atoms with E-state index in [1.165, 1.54) is 12.8 Å². The fourth-order valence-electron chi connectivity index (χ4n) is 1.75. The van der Waals surface area contributed by atoms with Crippen molar-refractivity contribution in [1.82, 2.24) is 15.5 Å². The summed E-state index contributed by atoms with van der Waals surface area (Å²) in [6, 6.07) is 1.10. The molecule has 0 spiro atoms. The number of likely N-dealkylation sites (N-methyl/N-ethyl adjacent to an activating group) is 1. The van der Waals surface area contributed by atoms with E-state index < -0.39 is 0 Å². The molecular weight excluding hydrogens is 180 g/mol. The third-order valence-electron chi connectivity index (χ3n) is 2.64. The fourth-order valence-corrected chi connectivity index (χ4v) is 1.75. The molecule has 1 unspecified atom stereocenters. The predicted octanol–water partition coefficient (Wildman–Crippen LogP) is 0.566. The van der Waals surface area contributed by atoms with Gasteiger partial charge in [0.2, 0.25) is 0 Å². The largest absolute Gasteiger partial charge is 0.324 e. The molecule has 1 atom stereocenters. The van der Waals surface area contributed by atoms with E-state index in [4.69, 9.17) is 4.52 Å². The number of aromatic nitrogens is 2. The number of nitrogens with zero attached hydrogens (tertiary/aromatic N) is 3. The van der Waals surface area contributed by atoms with Crippen molar-refractivity contribution in [3.05, 3.63) is 5.82 Å². The fraction of sp³-hybridized carbons (Fsp3) is 0.778. The number of hydrogen-bond acceptors (Lipinski definition) is 5. The van der Waals surface area contributed by atoms with Crippen LogP contribution in [0.15, 0.2) is 4.52 Å². The standard InChI is InChI=1S/C9H16N4O/c1-7-11-9(14-12-7)13(2)8-4-3-5-10-6-8/h8,10H,3-6H2,1-2H3. The Morgan fingerprint density at radius 2 is 2.43 bits per heavy atom. The smallest absolute Gasteiger partial charge is 0.323 e. The first-order valence-electron chi connectivity index (χ1n) is 5.01. The molecule has 0 aliphatic carbocycles. The van der Waals surface area contributed by atoms with Crippen LogP contribution in [-0.4, -0.2) is 36.3 Å². The summed E-state index contributed by atoms with van der Waals surface area (Å²) in [6.45, 7) is 3.95. The number of rotatable bonds is 2. The van der Waals surface area contributed by atoms with Crippen molar-refractivity contribution in [3.8, 4) is 0 Å². The van der Waals surface area contributed by atoms with Gasteiger partial charge in [0.25, 0.3) is 0 Å². The molecule has 78 valence electrons. The van der Waals surface area contributed by atoms with Crippen LogP contribution < -0.4 is 10.2 Å². The maximum absolute atomic E-state index is 5.12. The van der Waals surface area contributed by atoms with Crippen LogP contribution in [0.5, 0.6) is 0 Å². The van der Waals surface area contributed by atoms with Crippen LogP contribution in [0.1, 0.15) is 18.7 Å². The van der Waals surface area contributed by atoms with Gasteiger partial charge in [-0.3, -0.25) is 0 Å². The molecule has 1 saturated heterocycles. The van der Waals surface area contributed by atoms with E-state index in [-0.39, 0.29) is 0 Å². The first-order chi connectivity index (χ1) is 6.77. The maximum Gasteiger partial charge on any atom is 0.324 e. The molecule has 5 heteroatoms. The molecule has 1 aliphatic heterocycles. The van der Waals surface area contributed by atoms with Crippen LogP contribution in [0.4, 0.5) is 6.01 Å². The van der Waals surface area contributed by atoms with Gasteiger partial charge < -0.3 is 14.7 Å². The Kier molecular flexibility index (Phi) is 2.67. The van der Waals surface area contributed by atoms with E-state index >= 15 is 0 Å². The molecule has 0 amide bonds. The van der Waals surface area contributed by atoms with Crippen LogP contribution in [-0.2, 0) is 0 Å². The summed E-state index contributed by atoms with van der Waals surface area (Å²) in [4.78, 5) is 6.27. The van der Waals surface area contributed by atoms with Crippen LogP contribution in [0.2, 0.25) is 0 Å². The van der Waals surface area contributed by atoms with Gasteiger partial charge in [-0.15, -0.1) is 0 Å². The lowest BCUT2D eigenvalue weighted by Crippen LogP contribution is -2.44. The van der Waals surface area contributed by atoms with Crippen LogP contribution in [0.25, 0.3) is 0 Å². The number of anilines is 1. The molecule has 1 aromatic heterocycles. The lowest BCUT2D eigenvalue weighted by Gasteiger charge is -2.29. The highest BCUT2D eigenvalue weighted by atomic mass is 16.5. The van der Waals surface area contributed by atoms with Gasteiger partial charge in [0.1, 0.15) is 0 Å². The van der Waals surface area contributed by atoms with Gasteiger partial charge in [0.05, 0.1) is 0 Å². The maximum atomic E-state index is 5.12. The summed E-state index contributed by atoms with van der Waals surface area (Å²) in [5.41, 5.74) is 0. The van der Waals surface area contributed by atoms with E-state index in [1.807, 2.05) is 14.0 Å². The van der Waals surface area contributed by atoms with Gasteiger partial charge in [-0.25, -0.2) is 0 Å². The number of hydrogen-bond donors (Lipinski definition) is 1. The Morgan fingerprint density at radius 3 is 3.00 bits per heavy atom. The molecule has 1 aliphatic rings. The van der Waals surface area contributed by atoms with Crippen molar-refractivity contribution in [1.29, 1.82) is 0 Å². The number of aryl methyl sites for hydroxylation is 1. The third-order valence-corrected chi connectivity index (χ3v) is 2.64. The van der Waals surface area contributed by atoms with Gasteiger partial charge in [0, 0.05) is 19.6 Å². The molecule has 1 fully saturated rings. The second kappa shape index (κ2) is 3.96. The molecule has 1 N–H and O–H groups in total. The van der Waals surface area contributed by atoms with Gasteiger partial charge in [-0.2, -0.15) is 4.98 Å². The first kappa shape index (κ1) is 9.45. The quantitative estimate of drug-likeness (QED) is 0.749. The summed E-state index contributed by atoms with van der Waals surface area (Å²) in [6.07, 6.45) is 2.40. The zero-order valence-corrected chi connectivity index (χ0v) is 8.66. The molecule has 2 rings (SSSR count). The van der Waals surface area contributed by atoms with Crippen LogP contribution in [0, 0.1) is 6.92 Å². The molecular formula is C9H16N4O. The summed E-state index contributed by atoms with van der Waals surface area (Å²) >= 11 is 0. The van der Waals surface area contributed by atoms with Gasteiger partial charge in [0.15, 0.2) is 5.82 Å². The lowest BCUT2D eigenvalue weighted by atomic mass is 10.1. The third kappa shape index (κ3) is 1.87. The lowest BCUT2D eigenvalue weighted by molar-refractivity contribution is 0.379. The van der Waals surface area contributed by atoms with E-state index in [1.54, 1.807) is 0 Å². The minimum Gasteiger partial charge on any atom is -0.323 e. The summed E-state index contributed by atoms with van der Waals surface area (Å²) in [7, 11) is 2.00. The van der Waals surface area contributed by atoms with Gasteiger partial charge >= 0.3 is 6.01 Å². The minimum atomic E-state index is 0.476. The number of nitrogens with one attached hydrogen (secondary N) is 1. The number of piperidine rings is 1. The Hall–Kier alpha value is -1.10. The SMILES string of the molecule is Cc1noc(N(C)C2CCCNC2)n1. The van der Waals surface area contributed by atoms with Crippen molar-refractivity contribution in [2.45, 2.75) is 25.8 Å². The Balaban J connectivity index is 2.03. The molecule has 0 saturated carbocycles. The second-order valence-electron chi connectivity index (χ2n) is 3.74. The van der Waals surface area contributed by atoms with Crippen molar-refractivity contribution in [2.75, 3.05) is 25.0 Å². The molecule has 14 heavy (non-hydrogen) atoms. The molecule has 1 aromatic rings. The minimum absolute atomic E-state index is 0.476. The highest BCUT2D eigenvalue weighted by Crippen LogP contribution is 2.16. The molecule has 2 heterocycles. The van der Waals surface area contributed by atoms with Crippen molar-refractivity contribution in [2.24, 2.45) is 0 Å². The summed E-state index contributed by atoms with van der Waals surface area (Å²) < 4.78 is 5.12. The van der Waals surface area contributed by atoms with E-state index in [2.05, 4.69) is 20.4 Å². The molecule has 0 aromatic carbocycles. The second-order valence-corrected chi connectivity index (χ2v) is 3.74. The Morgan fingerprint density at radius 1 is 1.57 bits per heavy atom. The van der Waals surface area contributed by atoms with Crippen LogP contribution in [0.3, 0.4) is 0 Å². The normalized spacial score (nSPS) is 22.3. The summed E-state index contributed by atoms with van der Waals surface area (Å²) in [5, 5.41) is 7.15. The monoisotopic (exact) mass is 196 g/mol. The average molecular weight is 196 g/mol. The molecule has 5 nitrogen and oxygen atoms in total. The van der Waals surface area contributed by atoms with Crippen molar-refractivity contribution in [3.63, 3.8) is 0 Å². The highest BCUT2D eigenvalue weighted by molar-refractivity contribution is 5.25. The molecule has 0 radical (unpaired) electrons.